The van der Waals surface area contributed by atoms with Crippen LogP contribution in [0.3, 0.4) is 0 Å². The van der Waals surface area contributed by atoms with Gasteiger partial charge in [-0.3, -0.25) is 4.79 Å². The normalized spacial score (nSPS) is 19.2. The maximum Gasteiger partial charge on any atom is 0.256 e. The monoisotopic (exact) mass is 331 g/mol. The predicted molar refractivity (Wildman–Crippen MR) is 85.1 cm³/mol. The third-order valence-electron chi connectivity index (χ3n) is 3.77. The fourth-order valence-corrected chi connectivity index (χ4v) is 2.94. The number of benzene rings is 1. The largest absolute Gasteiger partial charge is 0.489 e. The summed E-state index contributed by atoms with van der Waals surface area (Å²) < 4.78 is 11.3. The van der Waals surface area contributed by atoms with Gasteiger partial charge in [-0.2, -0.15) is 0 Å². The smallest absolute Gasteiger partial charge is 0.256 e. The van der Waals surface area contributed by atoms with Gasteiger partial charge in [0.2, 0.25) is 0 Å². The second-order valence-corrected chi connectivity index (χ2v) is 5.74. The lowest BCUT2D eigenvalue weighted by Crippen LogP contribution is -2.38. The van der Waals surface area contributed by atoms with Gasteiger partial charge in [-0.25, -0.2) is 4.98 Å². The first-order valence-electron chi connectivity index (χ1n) is 7.34. The van der Waals surface area contributed by atoms with Gasteiger partial charge in [-0.1, -0.05) is 11.6 Å². The molecule has 2 aliphatic heterocycles. The zero-order valence-electron chi connectivity index (χ0n) is 12.1. The molecule has 0 saturated heterocycles. The Morgan fingerprint density at radius 3 is 3.00 bits per heavy atom. The highest BCUT2D eigenvalue weighted by Gasteiger charge is 2.27. The van der Waals surface area contributed by atoms with Crippen molar-refractivity contribution < 1.29 is 14.3 Å². The number of carbonyl (C=O) groups excluding carboxylic acids is 1. The van der Waals surface area contributed by atoms with Gasteiger partial charge < -0.3 is 20.1 Å². The molecule has 1 atom stereocenters. The topological polar surface area (TPSA) is 72.5 Å². The average molecular weight is 332 g/mol. The Morgan fingerprint density at radius 1 is 1.22 bits per heavy atom. The molecule has 0 saturated carbocycles. The number of carbonyl (C=O) groups is 1. The molecule has 1 aromatic heterocycles. The number of fused-ring (bicyclic) bond motifs is 2. The van der Waals surface area contributed by atoms with E-state index in [1.807, 2.05) is 6.07 Å². The van der Waals surface area contributed by atoms with Crippen LogP contribution in [0.25, 0.3) is 0 Å². The number of anilines is 1. The zero-order chi connectivity index (χ0) is 15.8. The van der Waals surface area contributed by atoms with E-state index in [1.54, 1.807) is 24.4 Å². The summed E-state index contributed by atoms with van der Waals surface area (Å²) in [6.45, 7) is 1.14. The van der Waals surface area contributed by atoms with Crippen LogP contribution in [0, 0.1) is 0 Å². The summed E-state index contributed by atoms with van der Waals surface area (Å²) >= 11 is 6.31. The number of ether oxygens (including phenoxy) is 2. The number of pyridine rings is 1. The van der Waals surface area contributed by atoms with Gasteiger partial charge in [0, 0.05) is 12.6 Å². The highest BCUT2D eigenvalue weighted by molar-refractivity contribution is 6.32. The van der Waals surface area contributed by atoms with E-state index >= 15 is 0 Å². The maximum atomic E-state index is 12.2. The van der Waals surface area contributed by atoms with Crippen LogP contribution in [-0.2, 0) is 0 Å². The molecule has 7 heteroatoms. The number of aromatic nitrogens is 1. The molecule has 0 aliphatic carbocycles. The standard InChI is InChI=1S/C16H14ClN3O3/c17-11-7-9(8-12-13(11)23-6-2-5-22-12)14-19-15-10(16(21)20-14)3-1-4-18-15/h1,3-4,7-8,14H,2,5-6H2,(H,18,19)(H,20,21). The van der Waals surface area contributed by atoms with Crippen LogP contribution in [0.15, 0.2) is 30.5 Å². The molecule has 3 heterocycles. The third kappa shape index (κ3) is 2.55. The van der Waals surface area contributed by atoms with E-state index in [1.165, 1.54) is 0 Å². The van der Waals surface area contributed by atoms with Crippen molar-refractivity contribution in [1.82, 2.24) is 10.3 Å². The summed E-state index contributed by atoms with van der Waals surface area (Å²) in [6, 6.07) is 7.05. The number of halogens is 1. The Hall–Kier alpha value is -2.47. The van der Waals surface area contributed by atoms with Gasteiger partial charge in [0.1, 0.15) is 12.0 Å². The molecule has 0 radical (unpaired) electrons. The van der Waals surface area contributed by atoms with Crippen molar-refractivity contribution in [3.8, 4) is 11.5 Å². The van der Waals surface area contributed by atoms with E-state index in [0.29, 0.717) is 41.1 Å². The van der Waals surface area contributed by atoms with Gasteiger partial charge in [-0.05, 0) is 29.8 Å². The van der Waals surface area contributed by atoms with Crippen molar-refractivity contribution in [2.45, 2.75) is 12.6 Å². The minimum absolute atomic E-state index is 0.180. The van der Waals surface area contributed by atoms with Crippen LogP contribution in [0.1, 0.15) is 28.5 Å². The number of hydrogen-bond donors (Lipinski definition) is 2. The van der Waals surface area contributed by atoms with Crippen LogP contribution in [0.2, 0.25) is 5.02 Å². The first-order chi connectivity index (χ1) is 11.2. The second-order valence-electron chi connectivity index (χ2n) is 5.33. The number of hydrogen-bond acceptors (Lipinski definition) is 5. The molecule has 0 fully saturated rings. The number of amides is 1. The van der Waals surface area contributed by atoms with Gasteiger partial charge in [0.25, 0.3) is 5.91 Å². The van der Waals surface area contributed by atoms with E-state index in [0.717, 1.165) is 12.0 Å². The Labute approximate surface area is 137 Å². The number of rotatable bonds is 1. The Balaban J connectivity index is 1.71. The summed E-state index contributed by atoms with van der Waals surface area (Å²) in [4.78, 5) is 16.4. The van der Waals surface area contributed by atoms with E-state index in [4.69, 9.17) is 21.1 Å². The molecule has 2 aliphatic rings. The molecule has 1 aromatic carbocycles. The second kappa shape index (κ2) is 5.62. The molecule has 1 amide bonds. The van der Waals surface area contributed by atoms with Gasteiger partial charge >= 0.3 is 0 Å². The molecule has 2 aromatic rings. The van der Waals surface area contributed by atoms with E-state index in [2.05, 4.69) is 15.6 Å². The molecule has 6 nitrogen and oxygen atoms in total. The molecule has 23 heavy (non-hydrogen) atoms. The number of nitrogens with one attached hydrogen (secondary N) is 2. The highest BCUT2D eigenvalue weighted by atomic mass is 35.5. The fourth-order valence-electron chi connectivity index (χ4n) is 2.67. The van der Waals surface area contributed by atoms with Crippen molar-refractivity contribution in [3.05, 3.63) is 46.6 Å². The quantitative estimate of drug-likeness (QED) is 0.840. The highest BCUT2D eigenvalue weighted by Crippen LogP contribution is 2.40. The molecule has 118 valence electrons. The maximum absolute atomic E-state index is 12.2. The van der Waals surface area contributed by atoms with E-state index < -0.39 is 6.17 Å². The first-order valence-corrected chi connectivity index (χ1v) is 7.71. The summed E-state index contributed by atoms with van der Waals surface area (Å²) in [6.07, 6.45) is 2.01. The predicted octanol–water partition coefficient (Wildman–Crippen LogP) is 2.75. The molecule has 1 unspecified atom stereocenters. The lowest BCUT2D eigenvalue weighted by molar-refractivity contribution is 0.0935. The summed E-state index contributed by atoms with van der Waals surface area (Å²) in [5.74, 6) is 1.51. The third-order valence-corrected chi connectivity index (χ3v) is 4.05. The Kier molecular flexibility index (Phi) is 3.46. The van der Waals surface area contributed by atoms with E-state index in [-0.39, 0.29) is 5.91 Å². The molecular formula is C16H14ClN3O3. The average Bonchev–Trinajstić information content (AvgIpc) is 2.80. The van der Waals surface area contributed by atoms with Gasteiger partial charge in [0.15, 0.2) is 11.5 Å². The zero-order valence-corrected chi connectivity index (χ0v) is 12.9. The van der Waals surface area contributed by atoms with Crippen LogP contribution >= 0.6 is 11.6 Å². The van der Waals surface area contributed by atoms with Crippen molar-refractivity contribution in [1.29, 1.82) is 0 Å². The summed E-state index contributed by atoms with van der Waals surface area (Å²) in [7, 11) is 0. The Morgan fingerprint density at radius 2 is 2.09 bits per heavy atom. The first kappa shape index (κ1) is 14.1. The van der Waals surface area contributed by atoms with Crippen LogP contribution in [0.5, 0.6) is 11.5 Å². The van der Waals surface area contributed by atoms with Crippen molar-refractivity contribution in [2.24, 2.45) is 0 Å². The fraction of sp³-hybridized carbons (Fsp3) is 0.250. The van der Waals surface area contributed by atoms with E-state index in [9.17, 15) is 4.79 Å². The van der Waals surface area contributed by atoms with Gasteiger partial charge in [-0.15, -0.1) is 0 Å². The molecule has 4 rings (SSSR count). The lowest BCUT2D eigenvalue weighted by atomic mass is 10.1. The molecular weight excluding hydrogens is 318 g/mol. The minimum Gasteiger partial charge on any atom is -0.489 e. The molecule has 0 spiro atoms. The summed E-state index contributed by atoms with van der Waals surface area (Å²) in [5, 5.41) is 6.55. The van der Waals surface area contributed by atoms with Crippen molar-refractivity contribution in [3.63, 3.8) is 0 Å². The molecule has 2 N–H and O–H groups in total. The minimum atomic E-state index is -0.431. The van der Waals surface area contributed by atoms with Crippen LogP contribution in [-0.4, -0.2) is 24.1 Å². The van der Waals surface area contributed by atoms with Gasteiger partial charge in [0.05, 0.1) is 23.8 Å². The van der Waals surface area contributed by atoms with Crippen molar-refractivity contribution in [2.75, 3.05) is 18.5 Å². The Bertz CT molecular complexity index is 781. The van der Waals surface area contributed by atoms with Crippen molar-refractivity contribution >= 4 is 23.3 Å². The van der Waals surface area contributed by atoms with Crippen LogP contribution in [0.4, 0.5) is 5.82 Å². The number of nitrogens with zero attached hydrogens (tertiary/aromatic N) is 1. The summed E-state index contributed by atoms with van der Waals surface area (Å²) in [5.41, 5.74) is 1.30. The molecule has 0 bridgehead atoms. The van der Waals surface area contributed by atoms with Crippen LogP contribution < -0.4 is 20.1 Å². The lowest BCUT2D eigenvalue weighted by Gasteiger charge is -2.27. The SMILES string of the molecule is O=C1NC(c2cc(Cl)c3c(c2)OCCCO3)Nc2ncccc21.